The van der Waals surface area contributed by atoms with Crippen LogP contribution in [-0.2, 0) is 37.3 Å². The molecule has 0 bridgehead atoms. The van der Waals surface area contributed by atoms with E-state index < -0.39 is 0 Å². The molecule has 354 valence electrons. The third-order valence-corrected chi connectivity index (χ3v) is 15.6. The van der Waals surface area contributed by atoms with Gasteiger partial charge in [-0.3, -0.25) is 0 Å². The molecule has 3 heterocycles. The molecule has 0 atom stereocenters. The molecule has 6 heteroatoms. The fourth-order valence-corrected chi connectivity index (χ4v) is 12.2. The van der Waals surface area contributed by atoms with Gasteiger partial charge in [0.1, 0.15) is 5.82 Å². The monoisotopic (exact) mass is 1090 g/mol. The molecule has 9 aromatic rings. The van der Waals surface area contributed by atoms with Gasteiger partial charge < -0.3 is 19.1 Å². The Balaban J connectivity index is 0.00000533. The van der Waals surface area contributed by atoms with Crippen LogP contribution >= 0.6 is 0 Å². The van der Waals surface area contributed by atoms with E-state index in [1.165, 1.54) is 77.7 Å². The summed E-state index contributed by atoms with van der Waals surface area (Å²) in [7, 11) is 0. The number of rotatable bonds is 9. The second-order valence-electron chi connectivity index (χ2n) is 20.7. The van der Waals surface area contributed by atoms with Crippen molar-refractivity contribution in [3.63, 3.8) is 0 Å². The van der Waals surface area contributed by atoms with Gasteiger partial charge in [-0.05, 0) is 94.6 Å². The molecular weight excluding hydrogens is 1040 g/mol. The molecule has 1 aliphatic heterocycles. The van der Waals surface area contributed by atoms with E-state index in [0.717, 1.165) is 64.7 Å². The van der Waals surface area contributed by atoms with E-state index in [1.54, 1.807) is 0 Å². The summed E-state index contributed by atoms with van der Waals surface area (Å²) in [6.07, 6.45) is 13.8. The molecule has 0 radical (unpaired) electrons. The Morgan fingerprint density at radius 1 is 0.543 bits per heavy atom. The molecular formula is C64H59N4OPt-3. The second kappa shape index (κ2) is 18.7. The number of ether oxygens (including phenoxy) is 1. The third kappa shape index (κ3) is 7.95. The van der Waals surface area contributed by atoms with Crippen molar-refractivity contribution in [2.45, 2.75) is 101 Å². The van der Waals surface area contributed by atoms with Crippen LogP contribution in [-0.4, -0.2) is 9.55 Å². The Morgan fingerprint density at radius 3 is 1.76 bits per heavy atom. The number of aromatic nitrogens is 2. The molecule has 2 fully saturated rings. The maximum absolute atomic E-state index is 6.77. The van der Waals surface area contributed by atoms with Gasteiger partial charge in [0.15, 0.2) is 0 Å². The summed E-state index contributed by atoms with van der Waals surface area (Å²) < 4.78 is 8.99. The molecule has 5 nitrogen and oxygen atoms in total. The van der Waals surface area contributed by atoms with E-state index in [9.17, 15) is 0 Å². The molecule has 7 aromatic carbocycles. The Kier molecular flexibility index (Phi) is 12.3. The fourth-order valence-electron chi connectivity index (χ4n) is 12.2. The van der Waals surface area contributed by atoms with Crippen molar-refractivity contribution in [1.82, 2.24) is 9.55 Å². The Morgan fingerprint density at radius 2 is 1.11 bits per heavy atom. The van der Waals surface area contributed by atoms with E-state index in [2.05, 4.69) is 212 Å². The average Bonchev–Trinajstić information content (AvgIpc) is 3.95. The number of hydrogen-bond donors (Lipinski definition) is 0. The van der Waals surface area contributed by atoms with Crippen LogP contribution < -0.4 is 14.5 Å². The van der Waals surface area contributed by atoms with Crippen molar-refractivity contribution in [2.24, 2.45) is 0 Å². The smallest absolute Gasteiger partial charge is 0.135 e. The van der Waals surface area contributed by atoms with Gasteiger partial charge in [0.2, 0.25) is 0 Å². The van der Waals surface area contributed by atoms with Crippen molar-refractivity contribution >= 4 is 44.6 Å². The van der Waals surface area contributed by atoms with Crippen molar-refractivity contribution in [1.29, 1.82) is 0 Å². The van der Waals surface area contributed by atoms with Gasteiger partial charge in [-0.1, -0.05) is 174 Å². The SMILES string of the molecule is CC(C)(C)c1ccnc(-n2c3[c-]c(Oc4[c-]c(N5[CH-]N(c6c(C7(c8ccccc8)CCCCC7)cccc6C6(c7ccccc7)CCCCC6)c6ccccc65)ccc4)ccc3c3ccccc32)c1.[Pt]. The Bertz CT molecular complexity index is 3230. The van der Waals surface area contributed by atoms with Crippen LogP contribution in [0.15, 0.2) is 176 Å². The topological polar surface area (TPSA) is 33.5 Å². The predicted molar refractivity (Wildman–Crippen MR) is 284 cm³/mol. The van der Waals surface area contributed by atoms with Crippen LogP contribution in [0.4, 0.5) is 22.7 Å². The summed E-state index contributed by atoms with van der Waals surface area (Å²) in [5, 5.41) is 2.26. The van der Waals surface area contributed by atoms with Crippen molar-refractivity contribution in [3.05, 3.63) is 223 Å². The standard InChI is InChI=1S/C64H59N4O.Pt/c1-62(2,3)48-36-41-65-60(42-48)68-56-31-13-12-28-52(56)53-35-34-51(44-59(53)68)69-50-27-20-26-49(43-50)66-45-67(58-33-15-14-32-57(58)66)61-54(63(37-16-6-17-38-63)46-22-8-4-9-23-46)29-21-30-55(61)64(39-18-7-19-40-64)47-24-10-5-11-25-47;/h4-5,8-15,20-36,41-42,45H,6-7,16-19,37-40H2,1-3H3;/q-3;. The molecule has 0 saturated heterocycles. The van der Waals surface area contributed by atoms with Crippen molar-refractivity contribution in [2.75, 3.05) is 9.80 Å². The van der Waals surface area contributed by atoms with E-state index in [-0.39, 0.29) is 37.3 Å². The molecule has 3 aliphatic rings. The van der Waals surface area contributed by atoms with Crippen molar-refractivity contribution < 1.29 is 25.8 Å². The molecule has 0 spiro atoms. The molecule has 2 saturated carbocycles. The van der Waals surface area contributed by atoms with Crippen LogP contribution in [0.1, 0.15) is 113 Å². The van der Waals surface area contributed by atoms with E-state index in [1.807, 2.05) is 18.3 Å². The van der Waals surface area contributed by atoms with Gasteiger partial charge in [-0.2, -0.15) is 12.1 Å². The molecule has 12 rings (SSSR count). The Hall–Kier alpha value is -6.42. The van der Waals surface area contributed by atoms with Crippen LogP contribution in [0.3, 0.4) is 0 Å². The number of benzene rings is 7. The maximum atomic E-state index is 6.77. The zero-order chi connectivity index (χ0) is 46.6. The average molecular weight is 1100 g/mol. The van der Waals surface area contributed by atoms with Gasteiger partial charge in [0.05, 0.1) is 0 Å². The molecule has 2 aromatic heterocycles. The number of anilines is 4. The van der Waals surface area contributed by atoms with Crippen molar-refractivity contribution in [3.8, 4) is 17.3 Å². The van der Waals surface area contributed by atoms with E-state index in [0.29, 0.717) is 11.5 Å². The van der Waals surface area contributed by atoms with Gasteiger partial charge >= 0.3 is 0 Å². The number of nitrogens with zero attached hydrogens (tertiary/aromatic N) is 4. The summed E-state index contributed by atoms with van der Waals surface area (Å²) in [6, 6.07) is 69.7. The number of pyridine rings is 1. The van der Waals surface area contributed by atoms with Gasteiger partial charge in [0.25, 0.3) is 0 Å². The zero-order valence-electron chi connectivity index (χ0n) is 40.4. The first-order valence-corrected chi connectivity index (χ1v) is 25.2. The largest absolute Gasteiger partial charge is 0.509 e. The van der Waals surface area contributed by atoms with Gasteiger partial charge in [-0.25, -0.2) is 4.98 Å². The number of para-hydroxylation sites is 4. The molecule has 70 heavy (non-hydrogen) atoms. The minimum absolute atomic E-state index is 0. The van der Waals surface area contributed by atoms with Crippen LogP contribution in [0, 0.1) is 18.8 Å². The number of fused-ring (bicyclic) bond motifs is 4. The van der Waals surface area contributed by atoms with E-state index >= 15 is 0 Å². The molecule has 0 amide bonds. The second-order valence-corrected chi connectivity index (χ2v) is 20.7. The van der Waals surface area contributed by atoms with Gasteiger partial charge in [-0.15, -0.1) is 48.1 Å². The molecule has 0 N–H and O–H groups in total. The summed E-state index contributed by atoms with van der Waals surface area (Å²) in [6.45, 7) is 9.05. The third-order valence-electron chi connectivity index (χ3n) is 15.6. The summed E-state index contributed by atoms with van der Waals surface area (Å²) >= 11 is 0. The summed E-state index contributed by atoms with van der Waals surface area (Å²) in [5.74, 6) is 2.11. The number of hydrogen-bond acceptors (Lipinski definition) is 4. The van der Waals surface area contributed by atoms with Crippen LogP contribution in [0.2, 0.25) is 0 Å². The normalized spacial score (nSPS) is 16.5. The summed E-state index contributed by atoms with van der Waals surface area (Å²) in [5.41, 5.74) is 13.2. The minimum atomic E-state index is -0.123. The first kappa shape index (κ1) is 46.0. The van der Waals surface area contributed by atoms with Crippen LogP contribution in [0.5, 0.6) is 11.5 Å². The molecule has 2 aliphatic carbocycles. The van der Waals surface area contributed by atoms with Crippen LogP contribution in [0.25, 0.3) is 27.6 Å². The first-order chi connectivity index (χ1) is 33.8. The quantitative estimate of drug-likeness (QED) is 0.135. The Labute approximate surface area is 428 Å². The molecule has 0 unspecified atom stereocenters. The summed E-state index contributed by atoms with van der Waals surface area (Å²) in [4.78, 5) is 9.75. The first-order valence-electron chi connectivity index (χ1n) is 25.2. The van der Waals surface area contributed by atoms with E-state index in [4.69, 9.17) is 9.72 Å². The fraction of sp³-hybridized carbons (Fsp3) is 0.250. The predicted octanol–water partition coefficient (Wildman–Crippen LogP) is 16.8. The minimum Gasteiger partial charge on any atom is -0.509 e. The zero-order valence-corrected chi connectivity index (χ0v) is 42.7. The van der Waals surface area contributed by atoms with Gasteiger partial charge in [0, 0.05) is 72.2 Å². The maximum Gasteiger partial charge on any atom is 0.135 e.